The highest BCUT2D eigenvalue weighted by Gasteiger charge is 2.26. The zero-order valence-electron chi connectivity index (χ0n) is 17.0. The standard InChI is InChI=1S/C23H25N5O2/c1-15-5-10-18(23(30)28-15)22(29)26-12-16-6-8-17(9-7-16)21-19(13-24-14-27-21)20-4-2-3-11-25-20/h2-5,10-11,13-14,16-17H,6-9,12H2,1H3,(H,26,29)(H,28,30). The molecule has 0 radical (unpaired) electrons. The predicted molar refractivity (Wildman–Crippen MR) is 114 cm³/mol. The molecule has 3 heterocycles. The molecule has 1 fully saturated rings. The summed E-state index contributed by atoms with van der Waals surface area (Å²) < 4.78 is 0. The maximum Gasteiger partial charge on any atom is 0.260 e. The first-order valence-corrected chi connectivity index (χ1v) is 10.3. The third-order valence-electron chi connectivity index (χ3n) is 5.77. The van der Waals surface area contributed by atoms with Crippen LogP contribution in [-0.2, 0) is 0 Å². The Morgan fingerprint density at radius 2 is 1.97 bits per heavy atom. The monoisotopic (exact) mass is 403 g/mol. The van der Waals surface area contributed by atoms with E-state index in [1.807, 2.05) is 24.4 Å². The van der Waals surface area contributed by atoms with Gasteiger partial charge in [0.15, 0.2) is 0 Å². The van der Waals surface area contributed by atoms with Gasteiger partial charge in [-0.3, -0.25) is 14.6 Å². The Morgan fingerprint density at radius 1 is 1.13 bits per heavy atom. The second-order valence-electron chi connectivity index (χ2n) is 7.85. The number of H-pyrrole nitrogens is 1. The molecule has 4 rings (SSSR count). The zero-order chi connectivity index (χ0) is 20.9. The van der Waals surface area contributed by atoms with E-state index < -0.39 is 0 Å². The summed E-state index contributed by atoms with van der Waals surface area (Å²) in [4.78, 5) is 40.2. The number of carbonyl (C=O) groups is 1. The van der Waals surface area contributed by atoms with Gasteiger partial charge >= 0.3 is 0 Å². The highest BCUT2D eigenvalue weighted by molar-refractivity contribution is 5.93. The second-order valence-corrected chi connectivity index (χ2v) is 7.85. The van der Waals surface area contributed by atoms with Gasteiger partial charge in [0.05, 0.1) is 11.4 Å². The van der Waals surface area contributed by atoms with Gasteiger partial charge in [0.2, 0.25) is 0 Å². The first-order valence-electron chi connectivity index (χ1n) is 10.3. The highest BCUT2D eigenvalue weighted by atomic mass is 16.2. The number of carbonyl (C=O) groups excluding carboxylic acids is 1. The fourth-order valence-electron chi connectivity index (χ4n) is 4.11. The minimum Gasteiger partial charge on any atom is -0.352 e. The van der Waals surface area contributed by atoms with Gasteiger partial charge in [0.25, 0.3) is 11.5 Å². The molecule has 0 saturated heterocycles. The van der Waals surface area contributed by atoms with E-state index in [9.17, 15) is 9.59 Å². The van der Waals surface area contributed by atoms with Crippen molar-refractivity contribution < 1.29 is 4.79 Å². The van der Waals surface area contributed by atoms with Crippen LogP contribution < -0.4 is 10.9 Å². The molecule has 0 bridgehead atoms. The minimum absolute atomic E-state index is 0.162. The van der Waals surface area contributed by atoms with Crippen LogP contribution in [0.5, 0.6) is 0 Å². The molecule has 30 heavy (non-hydrogen) atoms. The van der Waals surface area contributed by atoms with Crippen molar-refractivity contribution in [2.75, 3.05) is 6.54 Å². The van der Waals surface area contributed by atoms with Gasteiger partial charge in [-0.2, -0.15) is 0 Å². The number of amides is 1. The number of rotatable bonds is 5. The van der Waals surface area contributed by atoms with Gasteiger partial charge in [0, 0.05) is 36.1 Å². The van der Waals surface area contributed by atoms with Crippen molar-refractivity contribution in [2.45, 2.75) is 38.5 Å². The molecule has 0 aliphatic heterocycles. The number of aryl methyl sites for hydroxylation is 1. The third kappa shape index (κ3) is 4.45. The Bertz CT molecular complexity index is 1070. The molecule has 0 unspecified atom stereocenters. The fourth-order valence-corrected chi connectivity index (χ4v) is 4.11. The molecule has 7 heteroatoms. The number of aromatic nitrogens is 4. The number of hydrogen-bond donors (Lipinski definition) is 2. The molecule has 3 aromatic heterocycles. The summed E-state index contributed by atoms with van der Waals surface area (Å²) in [6, 6.07) is 9.17. The molecular formula is C23H25N5O2. The van der Waals surface area contributed by atoms with Crippen molar-refractivity contribution >= 4 is 5.91 Å². The first-order chi connectivity index (χ1) is 14.6. The Hall–Kier alpha value is -3.35. The molecule has 0 spiro atoms. The molecule has 1 saturated carbocycles. The van der Waals surface area contributed by atoms with Crippen LogP contribution in [0.3, 0.4) is 0 Å². The Labute approximate surface area is 175 Å². The molecule has 7 nitrogen and oxygen atoms in total. The van der Waals surface area contributed by atoms with E-state index in [1.54, 1.807) is 31.6 Å². The molecule has 0 aromatic carbocycles. The fraction of sp³-hybridized carbons (Fsp3) is 0.348. The highest BCUT2D eigenvalue weighted by Crippen LogP contribution is 2.38. The molecular weight excluding hydrogens is 378 g/mol. The number of pyridine rings is 2. The quantitative estimate of drug-likeness (QED) is 0.681. The van der Waals surface area contributed by atoms with Crippen LogP contribution >= 0.6 is 0 Å². The van der Waals surface area contributed by atoms with E-state index in [-0.39, 0.29) is 17.0 Å². The van der Waals surface area contributed by atoms with Gasteiger partial charge in [0.1, 0.15) is 11.9 Å². The molecule has 0 atom stereocenters. The summed E-state index contributed by atoms with van der Waals surface area (Å²) in [5.41, 5.74) is 3.50. The smallest absolute Gasteiger partial charge is 0.260 e. The maximum absolute atomic E-state index is 12.4. The van der Waals surface area contributed by atoms with Crippen molar-refractivity contribution in [1.29, 1.82) is 0 Å². The summed E-state index contributed by atoms with van der Waals surface area (Å²) in [5.74, 6) is 0.443. The van der Waals surface area contributed by atoms with Crippen molar-refractivity contribution in [2.24, 2.45) is 5.92 Å². The number of aromatic amines is 1. The van der Waals surface area contributed by atoms with Crippen LogP contribution in [0.25, 0.3) is 11.3 Å². The third-order valence-corrected chi connectivity index (χ3v) is 5.77. The van der Waals surface area contributed by atoms with Crippen LogP contribution in [-0.4, -0.2) is 32.4 Å². The van der Waals surface area contributed by atoms with Crippen LogP contribution in [0.2, 0.25) is 0 Å². The van der Waals surface area contributed by atoms with Gasteiger partial charge in [-0.15, -0.1) is 0 Å². The van der Waals surface area contributed by atoms with Crippen molar-refractivity contribution in [3.8, 4) is 11.3 Å². The summed E-state index contributed by atoms with van der Waals surface area (Å²) in [7, 11) is 0. The molecule has 1 amide bonds. The van der Waals surface area contributed by atoms with E-state index in [1.165, 1.54) is 0 Å². The average Bonchev–Trinajstić information content (AvgIpc) is 2.78. The normalized spacial score (nSPS) is 18.7. The summed E-state index contributed by atoms with van der Waals surface area (Å²) in [6.45, 7) is 2.37. The lowest BCUT2D eigenvalue weighted by Crippen LogP contribution is -2.34. The summed E-state index contributed by atoms with van der Waals surface area (Å²) >= 11 is 0. The van der Waals surface area contributed by atoms with E-state index in [2.05, 4.69) is 25.3 Å². The van der Waals surface area contributed by atoms with Gasteiger partial charge in [-0.05, 0) is 62.8 Å². The lowest BCUT2D eigenvalue weighted by Gasteiger charge is -2.29. The molecule has 2 N–H and O–H groups in total. The Kier molecular flexibility index (Phi) is 5.97. The second kappa shape index (κ2) is 8.98. The first kappa shape index (κ1) is 19.9. The van der Waals surface area contributed by atoms with Crippen LogP contribution in [0.1, 0.15) is 53.3 Å². The van der Waals surface area contributed by atoms with E-state index in [4.69, 9.17) is 0 Å². The van der Waals surface area contributed by atoms with Crippen LogP contribution in [0.4, 0.5) is 0 Å². The van der Waals surface area contributed by atoms with Crippen molar-refractivity contribution in [3.05, 3.63) is 76.4 Å². The Balaban J connectivity index is 1.36. The number of nitrogens with zero attached hydrogens (tertiary/aromatic N) is 3. The van der Waals surface area contributed by atoms with Gasteiger partial charge < -0.3 is 10.3 Å². The van der Waals surface area contributed by atoms with Crippen molar-refractivity contribution in [1.82, 2.24) is 25.3 Å². The van der Waals surface area contributed by atoms with Gasteiger partial charge in [-0.25, -0.2) is 9.97 Å². The molecule has 1 aliphatic rings. The van der Waals surface area contributed by atoms with Crippen molar-refractivity contribution in [3.63, 3.8) is 0 Å². The lowest BCUT2D eigenvalue weighted by molar-refractivity contribution is 0.0941. The summed E-state index contributed by atoms with van der Waals surface area (Å²) in [5, 5.41) is 2.93. The molecule has 1 aliphatic carbocycles. The molecule has 154 valence electrons. The average molecular weight is 403 g/mol. The number of hydrogen-bond acceptors (Lipinski definition) is 5. The minimum atomic E-state index is -0.345. The summed E-state index contributed by atoms with van der Waals surface area (Å²) in [6.07, 6.45) is 9.24. The zero-order valence-corrected chi connectivity index (χ0v) is 17.0. The SMILES string of the molecule is Cc1ccc(C(=O)NCC2CCC(c3ncncc3-c3ccccn3)CC2)c(=O)[nH]1. The van der Waals surface area contributed by atoms with E-state index in [0.29, 0.717) is 18.4 Å². The largest absolute Gasteiger partial charge is 0.352 e. The van der Waals surface area contributed by atoms with E-state index >= 15 is 0 Å². The maximum atomic E-state index is 12.4. The molecule has 3 aromatic rings. The Morgan fingerprint density at radius 3 is 2.70 bits per heavy atom. The van der Waals surface area contributed by atoms with E-state index in [0.717, 1.165) is 48.3 Å². The topological polar surface area (TPSA) is 101 Å². The van der Waals surface area contributed by atoms with Gasteiger partial charge in [-0.1, -0.05) is 6.07 Å². The van der Waals surface area contributed by atoms with Crippen LogP contribution in [0, 0.1) is 12.8 Å². The lowest BCUT2D eigenvalue weighted by atomic mass is 9.79. The number of nitrogens with one attached hydrogen (secondary N) is 2. The van der Waals surface area contributed by atoms with Crippen LogP contribution in [0.15, 0.2) is 53.8 Å². The predicted octanol–water partition coefficient (Wildman–Crippen LogP) is 3.24.